The molecule has 142 valence electrons. The van der Waals surface area contributed by atoms with E-state index >= 15 is 0 Å². The second kappa shape index (κ2) is 5.77. The van der Waals surface area contributed by atoms with Crippen molar-refractivity contribution in [1.82, 2.24) is 0 Å². The Labute approximate surface area is 181 Å². The van der Waals surface area contributed by atoms with Crippen molar-refractivity contribution in [3.63, 3.8) is 0 Å². The summed E-state index contributed by atoms with van der Waals surface area (Å²) < 4.78 is 0.0160. The Bertz CT molecular complexity index is 1320. The molecule has 1 saturated carbocycles. The number of hydrogen-bond donors (Lipinski definition) is 0. The number of hydrogen-bond acceptors (Lipinski definition) is 1. The SMILES string of the molecule is C1=C(c2ccccc2)SC2(c3ccccc3)C3c4ccccc4-c4ccccc4C132. The zero-order valence-electron chi connectivity index (χ0n) is 16.5. The molecule has 3 atom stereocenters. The van der Waals surface area contributed by atoms with Gasteiger partial charge >= 0.3 is 0 Å². The zero-order chi connectivity index (χ0) is 19.8. The first-order chi connectivity index (χ1) is 14.9. The smallest absolute Gasteiger partial charge is 0.0674 e. The van der Waals surface area contributed by atoms with E-state index in [-0.39, 0.29) is 10.2 Å². The van der Waals surface area contributed by atoms with E-state index in [1.165, 1.54) is 38.3 Å². The van der Waals surface area contributed by atoms with Crippen LogP contribution < -0.4 is 0 Å². The van der Waals surface area contributed by atoms with E-state index in [1.807, 2.05) is 0 Å². The first-order valence-corrected chi connectivity index (χ1v) is 11.4. The summed E-state index contributed by atoms with van der Waals surface area (Å²) in [6.07, 6.45) is 2.60. The molecule has 4 aromatic rings. The lowest BCUT2D eigenvalue weighted by molar-refractivity contribution is 0.804. The lowest BCUT2D eigenvalue weighted by Gasteiger charge is -2.25. The van der Waals surface area contributed by atoms with Crippen LogP contribution in [-0.4, -0.2) is 0 Å². The number of allylic oxidation sites excluding steroid dienone is 1. The van der Waals surface area contributed by atoms with Gasteiger partial charge < -0.3 is 0 Å². The maximum absolute atomic E-state index is 2.60. The first kappa shape index (κ1) is 16.7. The van der Waals surface area contributed by atoms with Crippen LogP contribution in [0.5, 0.6) is 0 Å². The van der Waals surface area contributed by atoms with Gasteiger partial charge in [-0.1, -0.05) is 115 Å². The summed E-state index contributed by atoms with van der Waals surface area (Å²) in [4.78, 5) is 1.41. The first-order valence-electron chi connectivity index (χ1n) is 10.6. The van der Waals surface area contributed by atoms with Gasteiger partial charge in [-0.3, -0.25) is 0 Å². The third kappa shape index (κ3) is 1.85. The van der Waals surface area contributed by atoms with Crippen molar-refractivity contribution in [2.24, 2.45) is 0 Å². The lowest BCUT2D eigenvalue weighted by atomic mass is 9.77. The van der Waals surface area contributed by atoms with E-state index in [0.717, 1.165) is 0 Å². The van der Waals surface area contributed by atoms with Crippen LogP contribution in [0, 0.1) is 0 Å². The van der Waals surface area contributed by atoms with Gasteiger partial charge in [-0.15, -0.1) is 11.8 Å². The second-order valence-electron chi connectivity index (χ2n) is 8.51. The number of rotatable bonds is 2. The maximum atomic E-state index is 2.60. The molecule has 0 radical (unpaired) electrons. The molecule has 2 aliphatic carbocycles. The Kier molecular flexibility index (Phi) is 3.22. The van der Waals surface area contributed by atoms with Gasteiger partial charge in [0.05, 0.1) is 4.75 Å². The Hall–Kier alpha value is -3.03. The van der Waals surface area contributed by atoms with Gasteiger partial charge in [0.1, 0.15) is 0 Å². The quantitative estimate of drug-likeness (QED) is 0.338. The van der Waals surface area contributed by atoms with Gasteiger partial charge in [-0.2, -0.15) is 0 Å². The van der Waals surface area contributed by atoms with Crippen molar-refractivity contribution in [2.75, 3.05) is 0 Å². The highest BCUT2D eigenvalue weighted by atomic mass is 32.2. The molecular formula is C29H20S. The molecule has 1 spiro atoms. The Morgan fingerprint density at radius 3 is 2.03 bits per heavy atom. The van der Waals surface area contributed by atoms with Crippen LogP contribution in [0.2, 0.25) is 0 Å². The maximum Gasteiger partial charge on any atom is 0.0674 e. The van der Waals surface area contributed by atoms with Gasteiger partial charge in [-0.05, 0) is 33.4 Å². The summed E-state index contributed by atoms with van der Waals surface area (Å²) in [6.45, 7) is 0. The molecule has 0 nitrogen and oxygen atoms in total. The number of benzene rings is 4. The summed E-state index contributed by atoms with van der Waals surface area (Å²) in [5, 5.41) is 0. The van der Waals surface area contributed by atoms with Gasteiger partial charge in [0.15, 0.2) is 0 Å². The molecule has 0 bridgehead atoms. The summed E-state index contributed by atoms with van der Waals surface area (Å²) in [7, 11) is 0. The Morgan fingerprint density at radius 1 is 0.600 bits per heavy atom. The molecule has 7 rings (SSSR count). The second-order valence-corrected chi connectivity index (χ2v) is 9.80. The van der Waals surface area contributed by atoms with E-state index in [1.54, 1.807) is 0 Å². The molecule has 0 N–H and O–H groups in total. The molecule has 30 heavy (non-hydrogen) atoms. The fourth-order valence-corrected chi connectivity index (χ4v) is 8.01. The fraction of sp³-hybridized carbons (Fsp3) is 0.103. The molecule has 0 saturated heterocycles. The molecule has 3 aliphatic rings. The van der Waals surface area contributed by atoms with Crippen molar-refractivity contribution in [2.45, 2.75) is 16.1 Å². The molecule has 0 aromatic heterocycles. The van der Waals surface area contributed by atoms with Crippen LogP contribution in [0.1, 0.15) is 28.2 Å². The van der Waals surface area contributed by atoms with Gasteiger partial charge in [0, 0.05) is 16.2 Å². The van der Waals surface area contributed by atoms with E-state index in [0.29, 0.717) is 5.92 Å². The van der Waals surface area contributed by atoms with Crippen molar-refractivity contribution in [1.29, 1.82) is 0 Å². The van der Waals surface area contributed by atoms with E-state index < -0.39 is 0 Å². The Morgan fingerprint density at radius 2 is 1.23 bits per heavy atom. The zero-order valence-corrected chi connectivity index (χ0v) is 17.3. The highest BCUT2D eigenvalue weighted by Crippen LogP contribution is 2.88. The number of fused-ring (bicyclic) bond motifs is 5. The van der Waals surface area contributed by atoms with Crippen molar-refractivity contribution in [3.8, 4) is 11.1 Å². The van der Waals surface area contributed by atoms with Crippen molar-refractivity contribution < 1.29 is 0 Å². The van der Waals surface area contributed by atoms with Crippen molar-refractivity contribution >= 4 is 16.7 Å². The molecule has 0 amide bonds. The highest BCUT2D eigenvalue weighted by Gasteiger charge is 2.81. The molecule has 1 heterocycles. The number of thioether (sulfide) groups is 1. The Balaban J connectivity index is 1.56. The summed E-state index contributed by atoms with van der Waals surface area (Å²) >= 11 is 2.08. The van der Waals surface area contributed by atoms with Gasteiger partial charge in [-0.25, -0.2) is 0 Å². The largest absolute Gasteiger partial charge is 0.112 e. The van der Waals surface area contributed by atoms with Crippen LogP contribution in [0.25, 0.3) is 16.0 Å². The van der Waals surface area contributed by atoms with E-state index in [9.17, 15) is 0 Å². The third-order valence-electron chi connectivity index (χ3n) is 7.22. The van der Waals surface area contributed by atoms with Crippen LogP contribution in [0.3, 0.4) is 0 Å². The summed E-state index contributed by atoms with van der Waals surface area (Å²) in [6, 6.07) is 40.2. The minimum Gasteiger partial charge on any atom is -0.112 e. The van der Waals surface area contributed by atoms with Crippen LogP contribution in [-0.2, 0) is 10.2 Å². The van der Waals surface area contributed by atoms with Crippen LogP contribution >= 0.6 is 11.8 Å². The molecule has 4 aromatic carbocycles. The van der Waals surface area contributed by atoms with Gasteiger partial charge in [0.25, 0.3) is 0 Å². The molecule has 1 fully saturated rings. The highest BCUT2D eigenvalue weighted by molar-refractivity contribution is 8.10. The summed E-state index contributed by atoms with van der Waals surface area (Å²) in [5.41, 5.74) is 8.56. The molecule has 1 heteroatoms. The van der Waals surface area contributed by atoms with Crippen LogP contribution in [0.4, 0.5) is 0 Å². The van der Waals surface area contributed by atoms with Crippen LogP contribution in [0.15, 0.2) is 115 Å². The third-order valence-corrected chi connectivity index (χ3v) is 8.92. The van der Waals surface area contributed by atoms with Gasteiger partial charge in [0.2, 0.25) is 0 Å². The normalized spacial score (nSPS) is 27.3. The minimum atomic E-state index is 0.00907. The van der Waals surface area contributed by atoms with Crippen molar-refractivity contribution in [3.05, 3.63) is 138 Å². The average molecular weight is 401 g/mol. The lowest BCUT2D eigenvalue weighted by Crippen LogP contribution is -2.16. The fourth-order valence-electron chi connectivity index (χ4n) is 6.08. The van der Waals surface area contributed by atoms with E-state index in [2.05, 4.69) is 127 Å². The minimum absolute atomic E-state index is 0.00907. The molecular weight excluding hydrogens is 380 g/mol. The van der Waals surface area contributed by atoms with E-state index in [4.69, 9.17) is 0 Å². The predicted octanol–water partition coefficient (Wildman–Crippen LogP) is 7.39. The molecule has 1 aliphatic heterocycles. The standard InChI is InChI=1S/C29H20S/c1-3-11-20(12-4-1)26-19-28-25-18-10-9-16-23(25)22-15-7-8-17-24(22)27(28)29(28,30-26)21-13-5-2-6-14-21/h1-19,27H. The molecule has 3 unspecified atom stereocenters. The summed E-state index contributed by atoms with van der Waals surface area (Å²) in [5.74, 6) is 0.468. The average Bonchev–Trinajstić information content (AvgIpc) is 3.27. The topological polar surface area (TPSA) is 0 Å². The predicted molar refractivity (Wildman–Crippen MR) is 126 cm³/mol. The monoisotopic (exact) mass is 400 g/mol.